The number of piperazine rings is 1. The molecule has 0 N–H and O–H groups in total. The summed E-state index contributed by atoms with van der Waals surface area (Å²) in [4.78, 5) is 17.6. The molecule has 1 fully saturated rings. The maximum Gasteiger partial charge on any atom is 0.276 e. The van der Waals surface area contributed by atoms with Gasteiger partial charge in [-0.25, -0.2) is 0 Å². The summed E-state index contributed by atoms with van der Waals surface area (Å²) in [5, 5.41) is 4.11. The fraction of sp³-hybridized carbons (Fsp3) is 0.267. The summed E-state index contributed by atoms with van der Waals surface area (Å²) >= 11 is 0. The maximum absolute atomic E-state index is 13.3. The lowest BCUT2D eigenvalue weighted by Gasteiger charge is -2.39. The summed E-state index contributed by atoms with van der Waals surface area (Å²) in [7, 11) is 0. The minimum absolute atomic E-state index is 0.0845. The monoisotopic (exact) mass is 479 g/mol. The van der Waals surface area contributed by atoms with Gasteiger partial charge in [-0.1, -0.05) is 65.8 Å². The second-order valence-electron chi connectivity index (χ2n) is 9.58. The van der Waals surface area contributed by atoms with Crippen molar-refractivity contribution >= 4 is 5.91 Å². The molecule has 6 nitrogen and oxygen atoms in total. The Morgan fingerprint density at radius 1 is 0.889 bits per heavy atom. The molecule has 1 saturated heterocycles. The summed E-state index contributed by atoms with van der Waals surface area (Å²) in [5.74, 6) is 1.44. The van der Waals surface area contributed by atoms with E-state index in [1.807, 2.05) is 29.2 Å². The molecule has 0 bridgehead atoms. The lowest BCUT2D eigenvalue weighted by Crippen LogP contribution is -2.50. The van der Waals surface area contributed by atoms with E-state index in [2.05, 4.69) is 71.6 Å². The van der Waals surface area contributed by atoms with Crippen molar-refractivity contribution in [1.82, 2.24) is 15.0 Å². The highest BCUT2D eigenvalue weighted by molar-refractivity contribution is 5.93. The fourth-order valence-electron chi connectivity index (χ4n) is 5.32. The number of rotatable bonds is 5. The van der Waals surface area contributed by atoms with Crippen molar-refractivity contribution in [3.05, 3.63) is 107 Å². The molecule has 2 aliphatic rings. The molecule has 182 valence electrons. The first-order chi connectivity index (χ1) is 17.7. The molecule has 1 unspecified atom stereocenters. The van der Waals surface area contributed by atoms with Crippen LogP contribution in [-0.4, -0.2) is 53.1 Å². The SMILES string of the molecule is CC1Cc2cc(-c3cc(C(=O)N4CCN(C(c5ccccc5)c5ccccc5)CC4)no3)ccc2O1. The van der Waals surface area contributed by atoms with Gasteiger partial charge in [0.2, 0.25) is 0 Å². The third-order valence-electron chi connectivity index (χ3n) is 7.11. The smallest absolute Gasteiger partial charge is 0.276 e. The van der Waals surface area contributed by atoms with Gasteiger partial charge >= 0.3 is 0 Å². The van der Waals surface area contributed by atoms with Gasteiger partial charge in [-0.3, -0.25) is 9.69 Å². The van der Waals surface area contributed by atoms with E-state index in [4.69, 9.17) is 9.26 Å². The van der Waals surface area contributed by atoms with Crippen molar-refractivity contribution in [3.8, 4) is 17.1 Å². The number of benzene rings is 3. The lowest BCUT2D eigenvalue weighted by molar-refractivity contribution is 0.0588. The molecule has 3 aromatic carbocycles. The van der Waals surface area contributed by atoms with Crippen molar-refractivity contribution in [2.45, 2.75) is 25.5 Å². The van der Waals surface area contributed by atoms with Crippen LogP contribution in [-0.2, 0) is 6.42 Å². The van der Waals surface area contributed by atoms with Gasteiger partial charge in [0.05, 0.1) is 6.04 Å². The Balaban J connectivity index is 1.15. The van der Waals surface area contributed by atoms with Gasteiger partial charge in [-0.15, -0.1) is 0 Å². The highest BCUT2D eigenvalue weighted by Gasteiger charge is 2.30. The highest BCUT2D eigenvalue weighted by Crippen LogP contribution is 2.33. The van der Waals surface area contributed by atoms with Crippen molar-refractivity contribution in [3.63, 3.8) is 0 Å². The molecule has 0 aliphatic carbocycles. The third-order valence-corrected chi connectivity index (χ3v) is 7.11. The van der Waals surface area contributed by atoms with Crippen LogP contribution in [0.1, 0.15) is 40.1 Å². The van der Waals surface area contributed by atoms with E-state index in [9.17, 15) is 4.79 Å². The normalized spacial score (nSPS) is 17.7. The van der Waals surface area contributed by atoms with Crippen molar-refractivity contribution in [2.24, 2.45) is 0 Å². The van der Waals surface area contributed by atoms with Gasteiger partial charge in [0.1, 0.15) is 11.9 Å². The first-order valence-electron chi connectivity index (χ1n) is 12.6. The van der Waals surface area contributed by atoms with Crippen LogP contribution in [0.25, 0.3) is 11.3 Å². The third kappa shape index (κ3) is 4.40. The van der Waals surface area contributed by atoms with Crippen LogP contribution in [0.4, 0.5) is 0 Å². The standard InChI is InChI=1S/C30H29N3O3/c1-21-18-25-19-24(12-13-27(25)35-21)28-20-26(31-36-28)30(34)33-16-14-32(15-17-33)29(22-8-4-2-5-9-22)23-10-6-3-7-11-23/h2-13,19-21,29H,14-18H2,1H3. The molecule has 0 saturated carbocycles. The quantitative estimate of drug-likeness (QED) is 0.393. The number of hydrogen-bond acceptors (Lipinski definition) is 5. The van der Waals surface area contributed by atoms with E-state index in [0.29, 0.717) is 24.5 Å². The van der Waals surface area contributed by atoms with E-state index < -0.39 is 0 Å². The van der Waals surface area contributed by atoms with Gasteiger partial charge in [0, 0.05) is 44.2 Å². The molecular weight excluding hydrogens is 450 g/mol. The predicted octanol–water partition coefficient (Wildman–Crippen LogP) is 5.21. The Morgan fingerprint density at radius 3 is 2.22 bits per heavy atom. The molecule has 1 atom stereocenters. The predicted molar refractivity (Wildman–Crippen MR) is 138 cm³/mol. The number of ether oxygens (including phenoxy) is 1. The number of fused-ring (bicyclic) bond motifs is 1. The maximum atomic E-state index is 13.3. The van der Waals surface area contributed by atoms with Gasteiger partial charge in [0.25, 0.3) is 5.91 Å². The molecular formula is C30H29N3O3. The summed E-state index contributed by atoms with van der Waals surface area (Å²) in [6.45, 7) is 4.92. The summed E-state index contributed by atoms with van der Waals surface area (Å²) in [6.07, 6.45) is 1.06. The van der Waals surface area contributed by atoms with Crippen molar-refractivity contribution in [2.75, 3.05) is 26.2 Å². The van der Waals surface area contributed by atoms with Crippen molar-refractivity contribution < 1.29 is 14.1 Å². The first kappa shape index (κ1) is 22.6. The van der Waals surface area contributed by atoms with E-state index in [1.54, 1.807) is 6.07 Å². The van der Waals surface area contributed by atoms with Crippen LogP contribution in [0.2, 0.25) is 0 Å². The minimum atomic E-state index is -0.0845. The van der Waals surface area contributed by atoms with Crippen LogP contribution < -0.4 is 4.74 Å². The average Bonchev–Trinajstić information content (AvgIpc) is 3.56. The van der Waals surface area contributed by atoms with E-state index in [-0.39, 0.29) is 18.1 Å². The second-order valence-corrected chi connectivity index (χ2v) is 9.58. The van der Waals surface area contributed by atoms with Crippen LogP contribution in [0.3, 0.4) is 0 Å². The van der Waals surface area contributed by atoms with Crippen LogP contribution in [0.5, 0.6) is 5.75 Å². The second kappa shape index (κ2) is 9.63. The van der Waals surface area contributed by atoms with E-state index in [0.717, 1.165) is 36.4 Å². The Hall–Kier alpha value is -3.90. The van der Waals surface area contributed by atoms with Crippen LogP contribution in [0, 0.1) is 0 Å². The molecule has 6 rings (SSSR count). The number of amides is 1. The molecule has 3 heterocycles. The molecule has 6 heteroatoms. The summed E-state index contributed by atoms with van der Waals surface area (Å²) < 4.78 is 11.4. The Kier molecular flexibility index (Phi) is 6.03. The average molecular weight is 480 g/mol. The Morgan fingerprint density at radius 2 is 1.56 bits per heavy atom. The summed E-state index contributed by atoms with van der Waals surface area (Å²) in [5.41, 5.74) is 4.95. The molecule has 1 aromatic heterocycles. The minimum Gasteiger partial charge on any atom is -0.490 e. The number of nitrogens with zero attached hydrogens (tertiary/aromatic N) is 3. The van der Waals surface area contributed by atoms with Crippen LogP contribution in [0.15, 0.2) is 89.5 Å². The molecule has 0 spiro atoms. The van der Waals surface area contributed by atoms with Gasteiger partial charge in [-0.2, -0.15) is 0 Å². The Bertz CT molecular complexity index is 1300. The van der Waals surface area contributed by atoms with Crippen LogP contribution >= 0.6 is 0 Å². The first-order valence-corrected chi connectivity index (χ1v) is 12.6. The van der Waals surface area contributed by atoms with Gasteiger partial charge < -0.3 is 14.2 Å². The topological polar surface area (TPSA) is 58.8 Å². The number of carbonyl (C=O) groups is 1. The largest absolute Gasteiger partial charge is 0.490 e. The lowest BCUT2D eigenvalue weighted by atomic mass is 9.96. The van der Waals surface area contributed by atoms with E-state index in [1.165, 1.54) is 11.1 Å². The molecule has 36 heavy (non-hydrogen) atoms. The zero-order chi connectivity index (χ0) is 24.5. The van der Waals surface area contributed by atoms with Gasteiger partial charge in [0.15, 0.2) is 11.5 Å². The highest BCUT2D eigenvalue weighted by atomic mass is 16.5. The molecule has 4 aromatic rings. The molecule has 1 amide bonds. The fourth-order valence-corrected chi connectivity index (χ4v) is 5.32. The van der Waals surface area contributed by atoms with E-state index >= 15 is 0 Å². The number of hydrogen-bond donors (Lipinski definition) is 0. The van der Waals surface area contributed by atoms with Crippen molar-refractivity contribution in [1.29, 1.82) is 0 Å². The molecule has 2 aliphatic heterocycles. The number of aromatic nitrogens is 1. The number of carbonyl (C=O) groups excluding carboxylic acids is 1. The zero-order valence-corrected chi connectivity index (χ0v) is 20.3. The zero-order valence-electron chi connectivity index (χ0n) is 20.3. The molecule has 0 radical (unpaired) electrons. The summed E-state index contributed by atoms with van der Waals surface area (Å²) in [6, 6.07) is 29.1. The van der Waals surface area contributed by atoms with Gasteiger partial charge in [-0.05, 0) is 41.8 Å². The Labute approximate surface area is 211 Å².